The van der Waals surface area contributed by atoms with Gasteiger partial charge >= 0.3 is 0 Å². The second-order valence-corrected chi connectivity index (χ2v) is 3.03. The lowest BCUT2D eigenvalue weighted by Gasteiger charge is -2.16. The first kappa shape index (κ1) is 10.7. The molecule has 1 aromatic heterocycles. The normalized spacial score (nSPS) is 12.4. The van der Waals surface area contributed by atoms with Crippen molar-refractivity contribution in [2.75, 3.05) is 24.8 Å². The third-order valence-corrected chi connectivity index (χ3v) is 1.87. The molecule has 1 heterocycles. The van der Waals surface area contributed by atoms with Crippen molar-refractivity contribution in [1.29, 1.82) is 0 Å². The molecule has 0 bridgehead atoms. The lowest BCUT2D eigenvalue weighted by molar-refractivity contribution is 0.184. The van der Waals surface area contributed by atoms with Crippen molar-refractivity contribution in [1.82, 2.24) is 9.97 Å². The second kappa shape index (κ2) is 5.39. The van der Waals surface area contributed by atoms with Crippen LogP contribution in [0.5, 0.6) is 0 Å². The molecular weight excluding hydrogens is 180 g/mol. The highest BCUT2D eigenvalue weighted by molar-refractivity contribution is 5.39. The first-order valence-corrected chi connectivity index (χ1v) is 4.59. The van der Waals surface area contributed by atoms with Gasteiger partial charge in [0.25, 0.3) is 0 Å². The zero-order valence-electron chi connectivity index (χ0n) is 8.53. The van der Waals surface area contributed by atoms with Gasteiger partial charge in [-0.2, -0.15) is 0 Å². The summed E-state index contributed by atoms with van der Waals surface area (Å²) in [5, 5.41) is 3.19. The minimum Gasteiger partial charge on any atom is -0.383 e. The van der Waals surface area contributed by atoms with Crippen molar-refractivity contribution in [2.24, 2.45) is 0 Å². The van der Waals surface area contributed by atoms with Crippen LogP contribution in [-0.2, 0) is 4.74 Å². The Morgan fingerprint density at radius 3 is 2.93 bits per heavy atom. The Kier molecular flexibility index (Phi) is 4.12. The zero-order chi connectivity index (χ0) is 10.4. The van der Waals surface area contributed by atoms with Gasteiger partial charge in [0, 0.05) is 7.11 Å². The number of nitrogens with zero attached hydrogens (tertiary/aromatic N) is 2. The number of nitrogens with one attached hydrogen (secondary N) is 1. The number of aromatic nitrogens is 2. The summed E-state index contributed by atoms with van der Waals surface area (Å²) in [5.41, 5.74) is 5.50. The van der Waals surface area contributed by atoms with E-state index in [1.807, 2.05) is 0 Å². The molecule has 0 spiro atoms. The summed E-state index contributed by atoms with van der Waals surface area (Å²) in [5.74, 6) is 1.11. The van der Waals surface area contributed by atoms with E-state index in [-0.39, 0.29) is 6.04 Å². The van der Waals surface area contributed by atoms with Crippen LogP contribution in [-0.4, -0.2) is 29.7 Å². The highest BCUT2D eigenvalue weighted by Crippen LogP contribution is 2.06. The lowest BCUT2D eigenvalue weighted by atomic mass is 10.2. The van der Waals surface area contributed by atoms with Gasteiger partial charge in [-0.1, -0.05) is 6.92 Å². The Labute approximate surface area is 83.7 Å². The van der Waals surface area contributed by atoms with E-state index in [1.165, 1.54) is 6.20 Å². The summed E-state index contributed by atoms with van der Waals surface area (Å²) in [6.45, 7) is 2.73. The number of hydrogen-bond donors (Lipinski definition) is 2. The van der Waals surface area contributed by atoms with Crippen LogP contribution < -0.4 is 11.1 Å². The minimum absolute atomic E-state index is 0.246. The summed E-state index contributed by atoms with van der Waals surface area (Å²) in [7, 11) is 1.68. The highest BCUT2D eigenvalue weighted by atomic mass is 16.5. The van der Waals surface area contributed by atoms with E-state index >= 15 is 0 Å². The molecule has 0 aliphatic rings. The third-order valence-electron chi connectivity index (χ3n) is 1.87. The molecule has 0 aromatic carbocycles. The van der Waals surface area contributed by atoms with Gasteiger partial charge < -0.3 is 15.8 Å². The Bertz CT molecular complexity index is 279. The number of nitrogen functional groups attached to an aromatic ring is 1. The quantitative estimate of drug-likeness (QED) is 0.731. The topological polar surface area (TPSA) is 73.1 Å². The van der Waals surface area contributed by atoms with Crippen molar-refractivity contribution < 1.29 is 4.74 Å². The molecule has 0 aliphatic heterocycles. The van der Waals surface area contributed by atoms with E-state index in [4.69, 9.17) is 10.5 Å². The van der Waals surface area contributed by atoms with Crippen LogP contribution in [0.3, 0.4) is 0 Å². The van der Waals surface area contributed by atoms with Gasteiger partial charge in [-0.3, -0.25) is 4.98 Å². The molecule has 1 atom stereocenters. The number of anilines is 2. The predicted molar refractivity (Wildman–Crippen MR) is 56.0 cm³/mol. The Morgan fingerprint density at radius 2 is 2.36 bits per heavy atom. The maximum Gasteiger partial charge on any atom is 0.147 e. The molecule has 1 rings (SSSR count). The van der Waals surface area contributed by atoms with Gasteiger partial charge in [-0.15, -0.1) is 0 Å². The van der Waals surface area contributed by atoms with Gasteiger partial charge in [0.2, 0.25) is 0 Å². The predicted octanol–water partition coefficient (Wildman–Crippen LogP) is 0.896. The maximum atomic E-state index is 5.50. The summed E-state index contributed by atoms with van der Waals surface area (Å²) in [4.78, 5) is 8.03. The van der Waals surface area contributed by atoms with E-state index in [0.29, 0.717) is 18.2 Å². The molecule has 5 heteroatoms. The fraction of sp³-hybridized carbons (Fsp3) is 0.556. The molecule has 1 unspecified atom stereocenters. The largest absolute Gasteiger partial charge is 0.383 e. The van der Waals surface area contributed by atoms with Gasteiger partial charge in [-0.05, 0) is 6.42 Å². The van der Waals surface area contributed by atoms with Crippen LogP contribution in [0.1, 0.15) is 13.3 Å². The molecule has 3 N–H and O–H groups in total. The summed E-state index contributed by atoms with van der Waals surface area (Å²) in [6, 6.07) is 0.246. The number of methoxy groups -OCH3 is 1. The molecule has 0 amide bonds. The molecule has 5 nitrogen and oxygen atoms in total. The van der Waals surface area contributed by atoms with Gasteiger partial charge in [0.15, 0.2) is 0 Å². The summed E-state index contributed by atoms with van der Waals surface area (Å²) in [6.07, 6.45) is 4.13. The zero-order valence-corrected chi connectivity index (χ0v) is 8.53. The van der Waals surface area contributed by atoms with E-state index in [0.717, 1.165) is 6.42 Å². The van der Waals surface area contributed by atoms with Gasteiger partial charge in [0.05, 0.1) is 25.0 Å². The molecule has 0 radical (unpaired) electrons. The summed E-state index contributed by atoms with van der Waals surface area (Å²) >= 11 is 0. The Morgan fingerprint density at radius 1 is 1.57 bits per heavy atom. The van der Waals surface area contributed by atoms with Crippen LogP contribution in [0.4, 0.5) is 11.6 Å². The average Bonchev–Trinajstić information content (AvgIpc) is 2.17. The van der Waals surface area contributed by atoms with Crippen LogP contribution >= 0.6 is 0 Å². The Hall–Kier alpha value is -1.36. The average molecular weight is 196 g/mol. The molecule has 0 saturated carbocycles. The van der Waals surface area contributed by atoms with E-state index in [2.05, 4.69) is 22.2 Å². The second-order valence-electron chi connectivity index (χ2n) is 3.03. The van der Waals surface area contributed by atoms with Gasteiger partial charge in [0.1, 0.15) is 11.6 Å². The molecule has 0 saturated heterocycles. The molecular formula is C9H16N4O. The molecule has 78 valence electrons. The molecule has 14 heavy (non-hydrogen) atoms. The summed E-state index contributed by atoms with van der Waals surface area (Å²) < 4.78 is 5.06. The lowest BCUT2D eigenvalue weighted by Crippen LogP contribution is -2.24. The van der Waals surface area contributed by atoms with Crippen molar-refractivity contribution in [3.63, 3.8) is 0 Å². The molecule has 0 aliphatic carbocycles. The number of hydrogen-bond acceptors (Lipinski definition) is 5. The van der Waals surface area contributed by atoms with Gasteiger partial charge in [-0.25, -0.2) is 4.98 Å². The van der Waals surface area contributed by atoms with E-state index in [1.54, 1.807) is 13.3 Å². The van der Waals surface area contributed by atoms with E-state index in [9.17, 15) is 0 Å². The Balaban J connectivity index is 2.57. The standard InChI is InChI=1S/C9H16N4O/c1-3-7(6-14-2)12-9-5-11-4-8(10)13-9/h4-5,7H,3,6H2,1-2H3,(H3,10,12,13). The fourth-order valence-corrected chi connectivity index (χ4v) is 1.12. The first-order valence-electron chi connectivity index (χ1n) is 4.59. The van der Waals surface area contributed by atoms with Crippen molar-refractivity contribution >= 4 is 11.6 Å². The molecule has 0 fully saturated rings. The fourth-order valence-electron chi connectivity index (χ4n) is 1.12. The monoisotopic (exact) mass is 196 g/mol. The SMILES string of the molecule is CCC(COC)Nc1cncc(N)n1. The third kappa shape index (κ3) is 3.18. The number of nitrogens with two attached hydrogens (primary N) is 1. The smallest absolute Gasteiger partial charge is 0.147 e. The van der Waals surface area contributed by atoms with Crippen molar-refractivity contribution in [3.05, 3.63) is 12.4 Å². The van der Waals surface area contributed by atoms with Crippen LogP contribution in [0.15, 0.2) is 12.4 Å². The number of rotatable bonds is 5. The maximum absolute atomic E-state index is 5.50. The first-order chi connectivity index (χ1) is 6.76. The minimum atomic E-state index is 0.246. The van der Waals surface area contributed by atoms with Crippen molar-refractivity contribution in [3.8, 4) is 0 Å². The van der Waals surface area contributed by atoms with Crippen LogP contribution in [0.2, 0.25) is 0 Å². The van der Waals surface area contributed by atoms with E-state index < -0.39 is 0 Å². The molecule has 1 aromatic rings. The van der Waals surface area contributed by atoms with Crippen LogP contribution in [0.25, 0.3) is 0 Å². The highest BCUT2D eigenvalue weighted by Gasteiger charge is 2.06. The number of ether oxygens (including phenoxy) is 1. The van der Waals surface area contributed by atoms with Crippen molar-refractivity contribution in [2.45, 2.75) is 19.4 Å². The van der Waals surface area contributed by atoms with Crippen LogP contribution in [0, 0.1) is 0 Å².